The van der Waals surface area contributed by atoms with Gasteiger partial charge in [-0.3, -0.25) is 0 Å². The first-order chi connectivity index (χ1) is 6.19. The van der Waals surface area contributed by atoms with E-state index in [9.17, 15) is 8.42 Å². The number of sulfonamides is 1. The first-order valence-electron chi connectivity index (χ1n) is 5.13. The summed E-state index contributed by atoms with van der Waals surface area (Å²) in [6, 6.07) is 0. The van der Waals surface area contributed by atoms with Crippen LogP contribution in [0.2, 0.25) is 0 Å². The Hall–Kier alpha value is -0.0900. The van der Waals surface area contributed by atoms with Crippen LogP contribution in [0.15, 0.2) is 0 Å². The molecule has 0 spiro atoms. The van der Waals surface area contributed by atoms with Crippen LogP contribution in [-0.4, -0.2) is 32.1 Å². The van der Waals surface area contributed by atoms with E-state index in [-0.39, 0.29) is 11.2 Å². The van der Waals surface area contributed by atoms with Crippen molar-refractivity contribution in [3.8, 4) is 0 Å². The minimum atomic E-state index is -3.02. The van der Waals surface area contributed by atoms with Crippen LogP contribution in [0.5, 0.6) is 0 Å². The van der Waals surface area contributed by atoms with Crippen molar-refractivity contribution < 1.29 is 8.42 Å². The Morgan fingerprint density at radius 3 is 2.07 bits per heavy atom. The first-order valence-corrected chi connectivity index (χ1v) is 6.74. The lowest BCUT2D eigenvalue weighted by Gasteiger charge is -2.25. The molecule has 0 fully saturated rings. The average molecular weight is 221 g/mol. The third-order valence-electron chi connectivity index (χ3n) is 1.93. The molecule has 0 heterocycles. The molecule has 0 bridgehead atoms. The molecule has 0 aromatic heterocycles. The number of hydrogen-bond donors (Lipinski definition) is 0. The Morgan fingerprint density at radius 1 is 1.21 bits per heavy atom. The molecule has 0 rings (SSSR count). The van der Waals surface area contributed by atoms with Gasteiger partial charge in [0.1, 0.15) is 0 Å². The van der Waals surface area contributed by atoms with E-state index in [0.717, 1.165) is 12.8 Å². The Kier molecular flexibility index (Phi) is 5.09. The highest BCUT2D eigenvalue weighted by molar-refractivity contribution is 7.89. The van der Waals surface area contributed by atoms with Crippen LogP contribution in [0, 0.1) is 5.41 Å². The number of nitrogens with zero attached hydrogens (tertiary/aromatic N) is 1. The third-order valence-corrected chi connectivity index (χ3v) is 3.81. The van der Waals surface area contributed by atoms with Crippen LogP contribution < -0.4 is 0 Å². The molecule has 0 atom stereocenters. The molecule has 4 heteroatoms. The molecular weight excluding hydrogens is 198 g/mol. The highest BCUT2D eigenvalue weighted by Crippen LogP contribution is 2.16. The standard InChI is InChI=1S/C10H23NO2S/c1-6-7-8-14(12,13)11(5)9-10(2,3)4/h6-9H2,1-5H3. The van der Waals surface area contributed by atoms with Crippen molar-refractivity contribution in [1.82, 2.24) is 4.31 Å². The largest absolute Gasteiger partial charge is 0.213 e. The summed E-state index contributed by atoms with van der Waals surface area (Å²) in [5.74, 6) is 0.274. The second-order valence-corrected chi connectivity index (χ2v) is 7.18. The molecule has 86 valence electrons. The Morgan fingerprint density at radius 2 is 1.71 bits per heavy atom. The summed E-state index contributed by atoms with van der Waals surface area (Å²) in [6.45, 7) is 8.70. The molecule has 0 aromatic carbocycles. The molecule has 0 unspecified atom stereocenters. The fraction of sp³-hybridized carbons (Fsp3) is 1.00. The smallest absolute Gasteiger partial charge is 0.212 e. The van der Waals surface area contributed by atoms with E-state index in [1.165, 1.54) is 4.31 Å². The molecule has 0 radical (unpaired) electrons. The maximum absolute atomic E-state index is 11.7. The highest BCUT2D eigenvalue weighted by atomic mass is 32.2. The van der Waals surface area contributed by atoms with E-state index in [1.807, 2.05) is 27.7 Å². The maximum atomic E-state index is 11.7. The van der Waals surface area contributed by atoms with E-state index in [0.29, 0.717) is 6.54 Å². The van der Waals surface area contributed by atoms with Crippen molar-refractivity contribution in [2.24, 2.45) is 5.41 Å². The van der Waals surface area contributed by atoms with Gasteiger partial charge < -0.3 is 0 Å². The summed E-state index contributed by atoms with van der Waals surface area (Å²) in [7, 11) is -1.36. The highest BCUT2D eigenvalue weighted by Gasteiger charge is 2.22. The van der Waals surface area contributed by atoms with Gasteiger partial charge in [0.2, 0.25) is 10.0 Å². The van der Waals surface area contributed by atoms with Crippen molar-refractivity contribution in [3.05, 3.63) is 0 Å². The minimum absolute atomic E-state index is 0.0219. The predicted molar refractivity (Wildman–Crippen MR) is 60.8 cm³/mol. The van der Waals surface area contributed by atoms with Crippen molar-refractivity contribution in [1.29, 1.82) is 0 Å². The van der Waals surface area contributed by atoms with Crippen LogP contribution in [0.1, 0.15) is 40.5 Å². The second-order valence-electron chi connectivity index (χ2n) is 4.99. The quantitative estimate of drug-likeness (QED) is 0.713. The van der Waals surface area contributed by atoms with Crippen molar-refractivity contribution in [2.75, 3.05) is 19.3 Å². The summed E-state index contributed by atoms with van der Waals surface area (Å²) in [6.07, 6.45) is 1.67. The summed E-state index contributed by atoms with van der Waals surface area (Å²) in [5.41, 5.74) is 0.0219. The van der Waals surface area contributed by atoms with Crippen LogP contribution in [-0.2, 0) is 10.0 Å². The summed E-state index contributed by atoms with van der Waals surface area (Å²) in [4.78, 5) is 0. The Bertz CT molecular complexity index is 252. The zero-order chi connectivity index (χ0) is 11.4. The van der Waals surface area contributed by atoms with E-state index >= 15 is 0 Å². The van der Waals surface area contributed by atoms with E-state index in [2.05, 4.69) is 0 Å². The SMILES string of the molecule is CCCCS(=O)(=O)N(C)CC(C)(C)C. The lowest BCUT2D eigenvalue weighted by molar-refractivity contribution is 0.310. The Labute approximate surface area is 88.5 Å². The van der Waals surface area contributed by atoms with E-state index < -0.39 is 10.0 Å². The molecule has 0 amide bonds. The topological polar surface area (TPSA) is 37.4 Å². The van der Waals surface area contributed by atoms with Crippen LogP contribution >= 0.6 is 0 Å². The lowest BCUT2D eigenvalue weighted by Crippen LogP contribution is -2.35. The van der Waals surface area contributed by atoms with E-state index in [4.69, 9.17) is 0 Å². The molecule has 14 heavy (non-hydrogen) atoms. The monoisotopic (exact) mass is 221 g/mol. The van der Waals surface area contributed by atoms with Gasteiger partial charge in [-0.25, -0.2) is 12.7 Å². The number of hydrogen-bond acceptors (Lipinski definition) is 2. The average Bonchev–Trinajstić information content (AvgIpc) is 1.97. The third kappa shape index (κ3) is 5.60. The zero-order valence-corrected chi connectivity index (χ0v) is 10.8. The lowest BCUT2D eigenvalue weighted by atomic mass is 9.97. The van der Waals surface area contributed by atoms with Gasteiger partial charge in [-0.2, -0.15) is 0 Å². The molecule has 0 aromatic rings. The van der Waals surface area contributed by atoms with Gasteiger partial charge in [0.25, 0.3) is 0 Å². The summed E-state index contributed by atoms with van der Waals surface area (Å²) in [5, 5.41) is 0. The van der Waals surface area contributed by atoms with Crippen molar-refractivity contribution in [2.45, 2.75) is 40.5 Å². The van der Waals surface area contributed by atoms with Crippen LogP contribution in [0.25, 0.3) is 0 Å². The normalized spacial score (nSPS) is 13.6. The minimum Gasteiger partial charge on any atom is -0.212 e. The Balaban J connectivity index is 4.30. The van der Waals surface area contributed by atoms with Gasteiger partial charge in [0, 0.05) is 13.6 Å². The number of rotatable bonds is 5. The fourth-order valence-electron chi connectivity index (χ4n) is 1.25. The van der Waals surface area contributed by atoms with Crippen LogP contribution in [0.4, 0.5) is 0 Å². The molecule has 0 saturated heterocycles. The molecule has 0 aliphatic heterocycles. The second kappa shape index (κ2) is 5.12. The van der Waals surface area contributed by atoms with Crippen LogP contribution in [0.3, 0.4) is 0 Å². The van der Waals surface area contributed by atoms with Gasteiger partial charge in [-0.1, -0.05) is 34.1 Å². The molecule has 0 aliphatic carbocycles. The van der Waals surface area contributed by atoms with Gasteiger partial charge in [0.15, 0.2) is 0 Å². The maximum Gasteiger partial charge on any atom is 0.213 e. The van der Waals surface area contributed by atoms with Gasteiger partial charge in [0.05, 0.1) is 5.75 Å². The van der Waals surface area contributed by atoms with Crippen molar-refractivity contribution >= 4 is 10.0 Å². The molecule has 0 saturated carbocycles. The van der Waals surface area contributed by atoms with Gasteiger partial charge >= 0.3 is 0 Å². The zero-order valence-electron chi connectivity index (χ0n) is 10.0. The van der Waals surface area contributed by atoms with Gasteiger partial charge in [-0.15, -0.1) is 0 Å². The van der Waals surface area contributed by atoms with E-state index in [1.54, 1.807) is 7.05 Å². The van der Waals surface area contributed by atoms with Crippen molar-refractivity contribution in [3.63, 3.8) is 0 Å². The summed E-state index contributed by atoms with van der Waals surface area (Å²) < 4.78 is 24.9. The molecule has 3 nitrogen and oxygen atoms in total. The van der Waals surface area contributed by atoms with Gasteiger partial charge in [-0.05, 0) is 11.8 Å². The fourth-order valence-corrected chi connectivity index (χ4v) is 2.80. The first kappa shape index (κ1) is 13.9. The number of unbranched alkanes of at least 4 members (excludes halogenated alkanes) is 1. The molecule has 0 aliphatic rings. The molecule has 0 N–H and O–H groups in total. The molecular formula is C10H23NO2S. The predicted octanol–water partition coefficient (Wildman–Crippen LogP) is 2.09. The summed E-state index contributed by atoms with van der Waals surface area (Å²) >= 11 is 0.